The van der Waals surface area contributed by atoms with E-state index in [0.29, 0.717) is 23.8 Å². The first-order valence-electron chi connectivity index (χ1n) is 9.43. The highest BCUT2D eigenvalue weighted by molar-refractivity contribution is 5.87. The van der Waals surface area contributed by atoms with Crippen molar-refractivity contribution in [1.29, 1.82) is 5.26 Å². The van der Waals surface area contributed by atoms with Crippen LogP contribution in [-0.2, 0) is 13.7 Å². The van der Waals surface area contributed by atoms with E-state index in [1.807, 2.05) is 78.3 Å². The largest absolute Gasteiger partial charge is 0.489 e. The molecule has 0 saturated heterocycles. The molecule has 0 unspecified atom stereocenters. The zero-order chi connectivity index (χ0) is 20.8. The van der Waals surface area contributed by atoms with Crippen molar-refractivity contribution in [3.63, 3.8) is 0 Å². The van der Waals surface area contributed by atoms with Crippen molar-refractivity contribution in [2.24, 2.45) is 7.05 Å². The van der Waals surface area contributed by atoms with Gasteiger partial charge in [0.15, 0.2) is 11.6 Å². The van der Waals surface area contributed by atoms with Gasteiger partial charge < -0.3 is 9.30 Å². The molecule has 0 amide bonds. The Morgan fingerprint density at radius 2 is 1.73 bits per heavy atom. The Labute approximate surface area is 174 Å². The van der Waals surface area contributed by atoms with E-state index in [4.69, 9.17) is 4.74 Å². The number of benzene rings is 2. The van der Waals surface area contributed by atoms with Gasteiger partial charge in [0.25, 0.3) is 0 Å². The summed E-state index contributed by atoms with van der Waals surface area (Å²) >= 11 is 0. The van der Waals surface area contributed by atoms with Gasteiger partial charge in [-0.15, -0.1) is 10.2 Å². The van der Waals surface area contributed by atoms with Crippen molar-refractivity contribution in [2.45, 2.75) is 6.61 Å². The molecule has 0 atom stereocenters. The summed E-state index contributed by atoms with van der Waals surface area (Å²) in [7, 11) is 1.86. The SMILES string of the molecule is Cn1c(C(C#N)=Cc2ccc(OCc3ccncc3)cc2)nnc1-c1ccccc1. The lowest BCUT2D eigenvalue weighted by Gasteiger charge is -2.06. The quantitative estimate of drug-likeness (QED) is 0.450. The lowest BCUT2D eigenvalue weighted by molar-refractivity contribution is 0.306. The fourth-order valence-corrected chi connectivity index (χ4v) is 3.02. The molecule has 6 heteroatoms. The number of aromatic nitrogens is 4. The third-order valence-corrected chi connectivity index (χ3v) is 4.61. The number of nitrogens with zero attached hydrogens (tertiary/aromatic N) is 5. The fraction of sp³-hybridized carbons (Fsp3) is 0.0833. The highest BCUT2D eigenvalue weighted by Crippen LogP contribution is 2.23. The molecule has 0 fully saturated rings. The molecule has 0 bridgehead atoms. The van der Waals surface area contributed by atoms with Gasteiger partial charge in [0.1, 0.15) is 18.4 Å². The maximum Gasteiger partial charge on any atom is 0.174 e. The van der Waals surface area contributed by atoms with Gasteiger partial charge in [0.2, 0.25) is 0 Å². The summed E-state index contributed by atoms with van der Waals surface area (Å²) in [6.07, 6.45) is 5.28. The zero-order valence-corrected chi connectivity index (χ0v) is 16.4. The third kappa shape index (κ3) is 4.26. The number of pyridine rings is 1. The second-order valence-corrected chi connectivity index (χ2v) is 6.66. The molecule has 2 aromatic carbocycles. The van der Waals surface area contributed by atoms with Crippen molar-refractivity contribution in [2.75, 3.05) is 0 Å². The van der Waals surface area contributed by atoms with Crippen molar-refractivity contribution in [3.8, 4) is 23.2 Å². The smallest absolute Gasteiger partial charge is 0.174 e. The first-order valence-corrected chi connectivity index (χ1v) is 9.43. The number of nitriles is 1. The first-order chi connectivity index (χ1) is 14.7. The van der Waals surface area contributed by atoms with Crippen LogP contribution in [0.5, 0.6) is 5.75 Å². The summed E-state index contributed by atoms with van der Waals surface area (Å²) < 4.78 is 7.62. The second kappa shape index (κ2) is 8.84. The Hall–Kier alpha value is -4.24. The van der Waals surface area contributed by atoms with Crippen LogP contribution in [0.1, 0.15) is 17.0 Å². The molecule has 6 nitrogen and oxygen atoms in total. The number of allylic oxidation sites excluding steroid dienone is 1. The topological polar surface area (TPSA) is 76.6 Å². The minimum absolute atomic E-state index is 0.442. The van der Waals surface area contributed by atoms with Crippen molar-refractivity contribution in [1.82, 2.24) is 19.7 Å². The van der Waals surface area contributed by atoms with E-state index in [2.05, 4.69) is 21.3 Å². The van der Waals surface area contributed by atoms with Crippen molar-refractivity contribution < 1.29 is 4.74 Å². The van der Waals surface area contributed by atoms with Crippen LogP contribution in [0.4, 0.5) is 0 Å². The Morgan fingerprint density at radius 3 is 2.43 bits per heavy atom. The number of hydrogen-bond acceptors (Lipinski definition) is 5. The molecule has 0 saturated carbocycles. The predicted octanol–water partition coefficient (Wildman–Crippen LogP) is 4.52. The van der Waals surface area contributed by atoms with Crippen LogP contribution >= 0.6 is 0 Å². The molecule has 0 spiro atoms. The van der Waals surface area contributed by atoms with Gasteiger partial charge in [-0.2, -0.15) is 5.26 Å². The Kier molecular flexibility index (Phi) is 5.63. The molecule has 2 heterocycles. The number of rotatable bonds is 6. The van der Waals surface area contributed by atoms with Crippen LogP contribution in [0, 0.1) is 11.3 Å². The van der Waals surface area contributed by atoms with Gasteiger partial charge >= 0.3 is 0 Å². The summed E-state index contributed by atoms with van der Waals surface area (Å²) in [5.41, 5.74) is 3.33. The molecule has 4 aromatic rings. The maximum atomic E-state index is 9.68. The van der Waals surface area contributed by atoms with E-state index in [0.717, 1.165) is 22.4 Å². The molecule has 0 aliphatic carbocycles. The summed E-state index contributed by atoms with van der Waals surface area (Å²) in [4.78, 5) is 4.00. The first kappa shape index (κ1) is 19.1. The van der Waals surface area contributed by atoms with Crippen LogP contribution in [0.3, 0.4) is 0 Å². The lowest BCUT2D eigenvalue weighted by Crippen LogP contribution is -1.98. The fourth-order valence-electron chi connectivity index (χ4n) is 3.02. The summed E-state index contributed by atoms with van der Waals surface area (Å²) in [6.45, 7) is 0.475. The average Bonchev–Trinajstić information content (AvgIpc) is 3.19. The monoisotopic (exact) mass is 393 g/mol. The van der Waals surface area contributed by atoms with Crippen LogP contribution in [-0.4, -0.2) is 19.7 Å². The van der Waals surface area contributed by atoms with E-state index in [1.165, 1.54) is 0 Å². The molecule has 0 aliphatic heterocycles. The van der Waals surface area contributed by atoms with Gasteiger partial charge in [-0.3, -0.25) is 4.98 Å². The standard InChI is InChI=1S/C24H19N5O/c1-29-23(20-5-3-2-4-6-20)27-28-24(29)21(16-25)15-18-7-9-22(10-8-18)30-17-19-11-13-26-14-12-19/h2-15H,17H2,1H3. The third-order valence-electron chi connectivity index (χ3n) is 4.61. The zero-order valence-electron chi connectivity index (χ0n) is 16.4. The maximum absolute atomic E-state index is 9.68. The van der Waals surface area contributed by atoms with Crippen LogP contribution < -0.4 is 4.74 Å². The van der Waals surface area contributed by atoms with Gasteiger partial charge in [0.05, 0.1) is 5.57 Å². The van der Waals surface area contributed by atoms with Gasteiger partial charge in [0, 0.05) is 25.0 Å². The van der Waals surface area contributed by atoms with E-state index in [-0.39, 0.29) is 0 Å². The van der Waals surface area contributed by atoms with Crippen LogP contribution in [0.25, 0.3) is 23.0 Å². The average molecular weight is 393 g/mol. The van der Waals surface area contributed by atoms with E-state index < -0.39 is 0 Å². The van der Waals surface area contributed by atoms with Crippen LogP contribution in [0.15, 0.2) is 79.1 Å². The van der Waals surface area contributed by atoms with Crippen LogP contribution in [0.2, 0.25) is 0 Å². The minimum Gasteiger partial charge on any atom is -0.489 e. The molecule has 4 rings (SSSR count). The molecular weight excluding hydrogens is 374 g/mol. The number of hydrogen-bond donors (Lipinski definition) is 0. The van der Waals surface area contributed by atoms with Gasteiger partial charge in [-0.1, -0.05) is 42.5 Å². The van der Waals surface area contributed by atoms with Crippen molar-refractivity contribution >= 4 is 11.6 Å². The van der Waals surface area contributed by atoms with Gasteiger partial charge in [-0.05, 0) is 41.5 Å². The predicted molar refractivity (Wildman–Crippen MR) is 115 cm³/mol. The molecule has 146 valence electrons. The summed E-state index contributed by atoms with van der Waals surface area (Å²) in [5, 5.41) is 18.2. The molecule has 0 aliphatic rings. The van der Waals surface area contributed by atoms with E-state index in [1.54, 1.807) is 18.5 Å². The summed E-state index contributed by atoms with van der Waals surface area (Å²) in [6, 6.07) is 23.4. The molecular formula is C24H19N5O. The molecule has 0 N–H and O–H groups in total. The van der Waals surface area contributed by atoms with E-state index in [9.17, 15) is 5.26 Å². The Balaban J connectivity index is 1.52. The van der Waals surface area contributed by atoms with Crippen molar-refractivity contribution in [3.05, 3.63) is 96.1 Å². The number of ether oxygens (including phenoxy) is 1. The highest BCUT2D eigenvalue weighted by Gasteiger charge is 2.14. The van der Waals surface area contributed by atoms with Gasteiger partial charge in [-0.25, -0.2) is 0 Å². The Bertz CT molecular complexity index is 1190. The Morgan fingerprint density at radius 1 is 1.00 bits per heavy atom. The summed E-state index contributed by atoms with van der Waals surface area (Å²) in [5.74, 6) is 1.99. The normalized spacial score (nSPS) is 11.1. The molecule has 0 radical (unpaired) electrons. The second-order valence-electron chi connectivity index (χ2n) is 6.66. The lowest BCUT2D eigenvalue weighted by atomic mass is 10.1. The minimum atomic E-state index is 0.442. The molecule has 30 heavy (non-hydrogen) atoms. The highest BCUT2D eigenvalue weighted by atomic mass is 16.5. The molecule has 2 aromatic heterocycles. The van der Waals surface area contributed by atoms with E-state index >= 15 is 0 Å².